The fourth-order valence-electron chi connectivity index (χ4n) is 5.39. The smallest absolute Gasteiger partial charge is 0.330 e. The maximum Gasteiger partial charge on any atom is 0.330 e. The molecule has 0 aliphatic heterocycles. The molecule has 3 amide bonds. The van der Waals surface area contributed by atoms with Crippen LogP contribution >= 0.6 is 0 Å². The molecule has 3 aromatic rings. The van der Waals surface area contributed by atoms with Crippen molar-refractivity contribution in [2.45, 2.75) is 65.8 Å². The van der Waals surface area contributed by atoms with Crippen LogP contribution in [-0.4, -0.2) is 93.5 Å². The van der Waals surface area contributed by atoms with Gasteiger partial charge in [0.15, 0.2) is 12.0 Å². The number of methoxy groups -OCH3 is 2. The molecule has 0 fully saturated rings. The first kappa shape index (κ1) is 46.6. The van der Waals surface area contributed by atoms with Gasteiger partial charge in [0.2, 0.25) is 5.91 Å². The molecule has 57 heavy (non-hydrogen) atoms. The predicted octanol–water partition coefficient (Wildman–Crippen LogP) is 5.07. The molecule has 3 aromatic carbocycles. The van der Waals surface area contributed by atoms with E-state index >= 15 is 0 Å². The second kappa shape index (κ2) is 22.1. The number of hydrogen-bond donors (Lipinski definition) is 4. The Kier molecular flexibility index (Phi) is 18.1. The molecule has 1 unspecified atom stereocenters. The molecule has 0 saturated carbocycles. The summed E-state index contributed by atoms with van der Waals surface area (Å²) in [5.41, 5.74) is 1.02. The number of carbonyl (C=O) groups is 6. The zero-order chi connectivity index (χ0) is 42.9. The molecule has 16 nitrogen and oxygen atoms in total. The quantitative estimate of drug-likeness (QED) is 0.0353. The first-order valence-electron chi connectivity index (χ1n) is 18.1. The first-order chi connectivity index (χ1) is 27.1. The SMILES string of the molecule is CC.CNC(=O)C(CCC=O)N(C)C(=O)c1c(C=O)cccc1NCC(=O)Oc1cc(NC(=O)/C(=N/N)C(C)=Nc2cc(OC)ccc2OC)cc(C(C)(C)C)c1. The number of benzene rings is 3. The van der Waals surface area contributed by atoms with Crippen molar-refractivity contribution in [3.63, 3.8) is 0 Å². The Hall–Kier alpha value is -6.58. The van der Waals surface area contributed by atoms with E-state index < -0.39 is 41.7 Å². The Bertz CT molecular complexity index is 1990. The summed E-state index contributed by atoms with van der Waals surface area (Å²) >= 11 is 0. The first-order valence-corrected chi connectivity index (χ1v) is 18.1. The van der Waals surface area contributed by atoms with Crippen molar-refractivity contribution in [1.29, 1.82) is 0 Å². The number of amides is 3. The van der Waals surface area contributed by atoms with Crippen LogP contribution in [0.5, 0.6) is 17.2 Å². The number of anilines is 2. The number of aliphatic imine (C=N–C) groups is 1. The summed E-state index contributed by atoms with van der Waals surface area (Å²) in [7, 11) is 5.79. The van der Waals surface area contributed by atoms with Crippen molar-refractivity contribution in [1.82, 2.24) is 10.2 Å². The number of ether oxygens (including phenoxy) is 3. The molecule has 16 heteroatoms. The maximum atomic E-state index is 13.7. The van der Waals surface area contributed by atoms with E-state index in [-0.39, 0.29) is 52.5 Å². The van der Waals surface area contributed by atoms with Crippen LogP contribution in [0.15, 0.2) is 64.7 Å². The summed E-state index contributed by atoms with van der Waals surface area (Å²) < 4.78 is 16.3. The van der Waals surface area contributed by atoms with Crippen LogP contribution in [0.2, 0.25) is 0 Å². The average Bonchev–Trinajstić information content (AvgIpc) is 3.19. The molecular formula is C41H53N7O9. The van der Waals surface area contributed by atoms with E-state index in [0.29, 0.717) is 35.3 Å². The minimum Gasteiger partial charge on any atom is -0.497 e. The second-order valence-corrected chi connectivity index (χ2v) is 13.2. The van der Waals surface area contributed by atoms with Crippen molar-refractivity contribution < 1.29 is 43.0 Å². The third kappa shape index (κ3) is 12.7. The second-order valence-electron chi connectivity index (χ2n) is 13.2. The van der Waals surface area contributed by atoms with E-state index in [4.69, 9.17) is 20.1 Å². The van der Waals surface area contributed by atoms with Crippen LogP contribution in [0, 0.1) is 0 Å². The van der Waals surface area contributed by atoms with Gasteiger partial charge in [0.05, 0.1) is 25.5 Å². The highest BCUT2D eigenvalue weighted by atomic mass is 16.5. The summed E-state index contributed by atoms with van der Waals surface area (Å²) in [5.74, 6) is 4.09. The largest absolute Gasteiger partial charge is 0.497 e. The number of nitrogens with zero attached hydrogens (tertiary/aromatic N) is 3. The molecule has 306 valence electrons. The average molecular weight is 788 g/mol. The molecule has 0 bridgehead atoms. The van der Waals surface area contributed by atoms with E-state index in [1.165, 1.54) is 52.6 Å². The van der Waals surface area contributed by atoms with Gasteiger partial charge < -0.3 is 45.7 Å². The fraction of sp³-hybridized carbons (Fsp3) is 0.366. The molecule has 1 atom stereocenters. The number of rotatable bonds is 17. The monoisotopic (exact) mass is 787 g/mol. The molecule has 3 rings (SSSR count). The number of aldehydes is 2. The third-order valence-electron chi connectivity index (χ3n) is 8.38. The lowest BCUT2D eigenvalue weighted by atomic mass is 9.86. The number of carbonyl (C=O) groups excluding carboxylic acids is 6. The van der Waals surface area contributed by atoms with Gasteiger partial charge in [-0.2, -0.15) is 5.10 Å². The third-order valence-corrected chi connectivity index (χ3v) is 8.38. The van der Waals surface area contributed by atoms with Gasteiger partial charge in [-0.3, -0.25) is 19.2 Å². The summed E-state index contributed by atoms with van der Waals surface area (Å²) in [4.78, 5) is 81.6. The Morgan fingerprint density at radius 3 is 2.25 bits per heavy atom. The van der Waals surface area contributed by atoms with Crippen LogP contribution in [0.1, 0.15) is 80.7 Å². The number of hydrazone groups is 1. The number of esters is 1. The Balaban J connectivity index is 0.00000551. The van der Waals surface area contributed by atoms with Crippen molar-refractivity contribution in [2.75, 3.05) is 45.5 Å². The Morgan fingerprint density at radius 2 is 1.67 bits per heavy atom. The van der Waals surface area contributed by atoms with Crippen molar-refractivity contribution in [2.24, 2.45) is 15.9 Å². The number of hydrogen-bond acceptors (Lipinski definition) is 13. The van der Waals surface area contributed by atoms with Crippen LogP contribution in [0.3, 0.4) is 0 Å². The van der Waals surface area contributed by atoms with E-state index in [1.807, 2.05) is 34.6 Å². The minimum atomic E-state index is -0.995. The molecule has 0 aliphatic carbocycles. The molecule has 5 N–H and O–H groups in total. The molecule has 0 aromatic heterocycles. The van der Waals surface area contributed by atoms with Crippen LogP contribution in [0.25, 0.3) is 0 Å². The lowest BCUT2D eigenvalue weighted by Crippen LogP contribution is -2.47. The van der Waals surface area contributed by atoms with Gasteiger partial charge in [-0.1, -0.05) is 46.8 Å². The molecule has 0 spiro atoms. The van der Waals surface area contributed by atoms with Crippen molar-refractivity contribution in [3.8, 4) is 17.2 Å². The molecular weight excluding hydrogens is 734 g/mol. The van der Waals surface area contributed by atoms with E-state index in [1.54, 1.807) is 37.3 Å². The zero-order valence-corrected chi connectivity index (χ0v) is 34.1. The van der Waals surface area contributed by atoms with Crippen molar-refractivity contribution >= 4 is 64.7 Å². The van der Waals surface area contributed by atoms with Gasteiger partial charge in [-0.05, 0) is 54.7 Å². The lowest BCUT2D eigenvalue weighted by Gasteiger charge is -2.27. The van der Waals surface area contributed by atoms with Gasteiger partial charge in [-0.15, -0.1) is 0 Å². The molecule has 0 heterocycles. The fourth-order valence-corrected chi connectivity index (χ4v) is 5.39. The highest BCUT2D eigenvalue weighted by molar-refractivity contribution is 6.68. The normalized spacial score (nSPS) is 11.8. The predicted molar refractivity (Wildman–Crippen MR) is 220 cm³/mol. The van der Waals surface area contributed by atoms with Gasteiger partial charge in [0, 0.05) is 49.6 Å². The van der Waals surface area contributed by atoms with Gasteiger partial charge >= 0.3 is 5.97 Å². The number of nitrogens with two attached hydrogens (primary N) is 1. The highest BCUT2D eigenvalue weighted by Crippen LogP contribution is 2.33. The standard InChI is InChI=1S/C39H47N7O9.C2H6/c1-23(43-30-20-27(53-7)14-15-32(30)54-8)35(45-40)37(51)44-26-17-25(39(2,3)4)18-28(19-26)55-33(49)21-42-29-12-9-11-24(22-48)34(29)38(52)46(6)31(13-10-16-47)36(50)41-5;1-2/h9,11-12,14-20,22,31,42H,10,13,21,40H2,1-8H3,(H,41,50)(H,44,51);1-2H3/b43-23?,45-35+;. The Labute approximate surface area is 333 Å². The van der Waals surface area contributed by atoms with E-state index in [2.05, 4.69) is 26.0 Å². The van der Waals surface area contributed by atoms with Gasteiger partial charge in [0.25, 0.3) is 11.8 Å². The summed E-state index contributed by atoms with van der Waals surface area (Å²) in [6, 6.07) is 13.3. The summed E-state index contributed by atoms with van der Waals surface area (Å²) in [6.45, 7) is 10.9. The van der Waals surface area contributed by atoms with Crippen molar-refractivity contribution in [3.05, 3.63) is 71.3 Å². The molecule has 0 radical (unpaired) electrons. The number of likely N-dealkylation sites (N-methyl/N-ethyl adjacent to an activating group) is 2. The summed E-state index contributed by atoms with van der Waals surface area (Å²) in [5, 5.41) is 11.8. The number of nitrogens with one attached hydrogen (secondary N) is 3. The Morgan fingerprint density at radius 1 is 0.965 bits per heavy atom. The molecule has 0 aliphatic rings. The van der Waals surface area contributed by atoms with Crippen LogP contribution in [0.4, 0.5) is 17.1 Å². The highest BCUT2D eigenvalue weighted by Gasteiger charge is 2.30. The lowest BCUT2D eigenvalue weighted by molar-refractivity contribution is -0.132. The maximum absolute atomic E-state index is 13.7. The van der Waals surface area contributed by atoms with E-state index in [0.717, 1.165) is 4.90 Å². The van der Waals surface area contributed by atoms with Crippen LogP contribution in [-0.2, 0) is 24.6 Å². The molecule has 0 saturated heterocycles. The minimum absolute atomic E-state index is 0.0165. The van der Waals surface area contributed by atoms with Gasteiger partial charge in [-0.25, -0.2) is 9.79 Å². The van der Waals surface area contributed by atoms with Crippen LogP contribution < -0.4 is 36.0 Å². The van der Waals surface area contributed by atoms with E-state index in [9.17, 15) is 28.8 Å². The summed E-state index contributed by atoms with van der Waals surface area (Å²) in [6.07, 6.45) is 1.22. The zero-order valence-electron chi connectivity index (χ0n) is 34.1. The topological polar surface area (TPSA) is 220 Å². The van der Waals surface area contributed by atoms with Gasteiger partial charge in [0.1, 0.15) is 41.8 Å².